The number of anilines is 1. The molecule has 0 radical (unpaired) electrons. The number of halogens is 3. The Morgan fingerprint density at radius 3 is 2.24 bits per heavy atom. The minimum atomic E-state index is -0.443. The van der Waals surface area contributed by atoms with Gasteiger partial charge in [0.05, 0.1) is 5.75 Å². The van der Waals surface area contributed by atoms with E-state index in [2.05, 4.69) is 20.5 Å². The van der Waals surface area contributed by atoms with Crippen molar-refractivity contribution in [3.63, 3.8) is 0 Å². The maximum absolute atomic E-state index is 13.9. The molecular weight excluding hydrogens is 466 g/mol. The molecule has 33 heavy (non-hydrogen) atoms. The fraction of sp³-hybridized carbons (Fsp3) is 0.0833. The van der Waals surface area contributed by atoms with E-state index in [4.69, 9.17) is 11.6 Å². The summed E-state index contributed by atoms with van der Waals surface area (Å²) >= 11 is 7.18. The first-order valence-corrected chi connectivity index (χ1v) is 11.2. The molecule has 0 aliphatic carbocycles. The highest BCUT2D eigenvalue weighted by Gasteiger charge is 2.16. The van der Waals surface area contributed by atoms with Gasteiger partial charge in [-0.1, -0.05) is 53.7 Å². The van der Waals surface area contributed by atoms with E-state index in [0.717, 1.165) is 17.3 Å². The predicted molar refractivity (Wildman–Crippen MR) is 126 cm³/mol. The van der Waals surface area contributed by atoms with Crippen LogP contribution >= 0.6 is 23.4 Å². The van der Waals surface area contributed by atoms with Crippen LogP contribution in [0.25, 0.3) is 22.5 Å². The third-order valence-electron chi connectivity index (χ3n) is 4.74. The molecular formula is C24H17ClF2N4OS. The highest BCUT2D eigenvalue weighted by atomic mass is 35.5. The summed E-state index contributed by atoms with van der Waals surface area (Å²) < 4.78 is 27.7. The molecule has 0 fully saturated rings. The molecule has 0 atom stereocenters. The van der Waals surface area contributed by atoms with Crippen LogP contribution in [0.5, 0.6) is 0 Å². The monoisotopic (exact) mass is 482 g/mol. The minimum Gasteiger partial charge on any atom is -0.325 e. The molecule has 0 saturated carbocycles. The zero-order valence-electron chi connectivity index (χ0n) is 17.3. The van der Waals surface area contributed by atoms with Crippen LogP contribution in [0.4, 0.5) is 14.5 Å². The summed E-state index contributed by atoms with van der Waals surface area (Å²) in [6, 6.07) is 17.0. The second kappa shape index (κ2) is 10.1. The number of rotatable bonds is 6. The lowest BCUT2D eigenvalue weighted by molar-refractivity contribution is -0.113. The molecule has 1 amide bonds. The van der Waals surface area contributed by atoms with Gasteiger partial charge in [0.2, 0.25) is 11.1 Å². The van der Waals surface area contributed by atoms with Crippen LogP contribution in [0.15, 0.2) is 71.9 Å². The van der Waals surface area contributed by atoms with Crippen LogP contribution in [0, 0.1) is 18.6 Å². The number of hydrogen-bond acceptors (Lipinski definition) is 5. The standard InChI is InChI=1S/C24H17ClF2N4OS/c1-14-19(25)9-4-10-20(14)28-21(32)13-33-24-29-22(15-5-2-7-17(26)11-15)23(30-31-24)16-6-3-8-18(27)12-16/h2-12H,13H2,1H3,(H,28,32). The van der Waals surface area contributed by atoms with Gasteiger partial charge in [-0.05, 0) is 48.9 Å². The van der Waals surface area contributed by atoms with E-state index in [0.29, 0.717) is 33.2 Å². The van der Waals surface area contributed by atoms with Gasteiger partial charge in [-0.3, -0.25) is 4.79 Å². The maximum Gasteiger partial charge on any atom is 0.234 e. The summed E-state index contributed by atoms with van der Waals surface area (Å²) in [7, 11) is 0. The van der Waals surface area contributed by atoms with Gasteiger partial charge in [0.15, 0.2) is 0 Å². The molecule has 5 nitrogen and oxygen atoms in total. The van der Waals surface area contributed by atoms with Crippen molar-refractivity contribution < 1.29 is 13.6 Å². The number of aromatic nitrogens is 3. The Balaban J connectivity index is 1.60. The van der Waals surface area contributed by atoms with Crippen molar-refractivity contribution in [1.29, 1.82) is 0 Å². The Hall–Kier alpha value is -3.36. The van der Waals surface area contributed by atoms with Crippen LogP contribution in [-0.4, -0.2) is 26.8 Å². The van der Waals surface area contributed by atoms with Crippen LogP contribution in [0.1, 0.15) is 5.56 Å². The topological polar surface area (TPSA) is 67.8 Å². The summed E-state index contributed by atoms with van der Waals surface area (Å²) in [5.41, 5.74) is 2.95. The van der Waals surface area contributed by atoms with E-state index in [1.807, 2.05) is 6.92 Å². The fourth-order valence-electron chi connectivity index (χ4n) is 3.10. The predicted octanol–water partition coefficient (Wildman–Crippen LogP) is 6.18. The van der Waals surface area contributed by atoms with Gasteiger partial charge >= 0.3 is 0 Å². The molecule has 3 aromatic carbocycles. The number of thioether (sulfide) groups is 1. The Kier molecular flexibility index (Phi) is 6.96. The van der Waals surface area contributed by atoms with Crippen LogP contribution in [0.2, 0.25) is 5.02 Å². The molecule has 1 N–H and O–H groups in total. The van der Waals surface area contributed by atoms with Crippen LogP contribution in [0.3, 0.4) is 0 Å². The average Bonchev–Trinajstić information content (AvgIpc) is 2.80. The smallest absolute Gasteiger partial charge is 0.234 e. The van der Waals surface area contributed by atoms with Crippen molar-refractivity contribution in [2.45, 2.75) is 12.1 Å². The molecule has 9 heteroatoms. The summed E-state index contributed by atoms with van der Waals surface area (Å²) in [5.74, 6) is -1.13. The lowest BCUT2D eigenvalue weighted by Gasteiger charge is -2.11. The number of amides is 1. The SMILES string of the molecule is Cc1c(Cl)cccc1NC(=O)CSc1nnc(-c2cccc(F)c2)c(-c2cccc(F)c2)n1. The molecule has 0 bridgehead atoms. The van der Waals surface area contributed by atoms with E-state index in [1.54, 1.807) is 42.5 Å². The Bertz CT molecular complexity index is 1340. The highest BCUT2D eigenvalue weighted by Crippen LogP contribution is 2.31. The van der Waals surface area contributed by atoms with Gasteiger partial charge in [0, 0.05) is 21.8 Å². The van der Waals surface area contributed by atoms with Crippen LogP contribution in [-0.2, 0) is 4.79 Å². The Labute approximate surface area is 198 Å². The second-order valence-electron chi connectivity index (χ2n) is 7.06. The molecule has 166 valence electrons. The first-order valence-electron chi connectivity index (χ1n) is 9.85. The van der Waals surface area contributed by atoms with Crippen molar-refractivity contribution in [2.75, 3.05) is 11.1 Å². The van der Waals surface area contributed by atoms with Crippen molar-refractivity contribution in [3.05, 3.63) is 89.0 Å². The summed E-state index contributed by atoms with van der Waals surface area (Å²) in [4.78, 5) is 16.9. The summed E-state index contributed by atoms with van der Waals surface area (Å²) in [5, 5.41) is 11.9. The molecule has 1 aromatic heterocycles. The third-order valence-corrected chi connectivity index (χ3v) is 5.98. The van der Waals surface area contributed by atoms with E-state index >= 15 is 0 Å². The molecule has 0 saturated heterocycles. The fourth-order valence-corrected chi connectivity index (χ4v) is 3.86. The van der Waals surface area contributed by atoms with E-state index < -0.39 is 11.6 Å². The summed E-state index contributed by atoms with van der Waals surface area (Å²) in [6.45, 7) is 1.81. The molecule has 0 aliphatic rings. The lowest BCUT2D eigenvalue weighted by Crippen LogP contribution is -2.15. The molecule has 1 heterocycles. The normalized spacial score (nSPS) is 10.8. The molecule has 0 unspecified atom stereocenters. The number of hydrogen-bond donors (Lipinski definition) is 1. The van der Waals surface area contributed by atoms with Gasteiger partial charge in [-0.2, -0.15) is 0 Å². The maximum atomic E-state index is 13.9. The summed E-state index contributed by atoms with van der Waals surface area (Å²) in [6.07, 6.45) is 0. The molecule has 4 rings (SSSR count). The Morgan fingerprint density at radius 2 is 1.58 bits per heavy atom. The van der Waals surface area contributed by atoms with Crippen molar-refractivity contribution in [3.8, 4) is 22.5 Å². The number of benzene rings is 3. The van der Waals surface area contributed by atoms with Gasteiger partial charge in [-0.25, -0.2) is 13.8 Å². The molecule has 0 aliphatic heterocycles. The van der Waals surface area contributed by atoms with Crippen molar-refractivity contribution >= 4 is 35.0 Å². The second-order valence-corrected chi connectivity index (χ2v) is 8.41. The van der Waals surface area contributed by atoms with Crippen LogP contribution < -0.4 is 5.32 Å². The molecule has 4 aromatic rings. The van der Waals surface area contributed by atoms with E-state index in [-0.39, 0.29) is 16.8 Å². The quantitative estimate of drug-likeness (QED) is 0.332. The number of carbonyl (C=O) groups is 1. The first-order chi connectivity index (χ1) is 15.9. The van der Waals surface area contributed by atoms with Gasteiger partial charge < -0.3 is 5.32 Å². The third kappa shape index (κ3) is 5.53. The Morgan fingerprint density at radius 1 is 0.939 bits per heavy atom. The number of nitrogens with zero attached hydrogens (tertiary/aromatic N) is 3. The largest absolute Gasteiger partial charge is 0.325 e. The average molecular weight is 483 g/mol. The molecule has 0 spiro atoms. The van der Waals surface area contributed by atoms with Crippen molar-refractivity contribution in [2.24, 2.45) is 0 Å². The minimum absolute atomic E-state index is 0.0233. The zero-order chi connectivity index (χ0) is 23.4. The van der Waals surface area contributed by atoms with E-state index in [9.17, 15) is 13.6 Å². The lowest BCUT2D eigenvalue weighted by atomic mass is 10.0. The van der Waals surface area contributed by atoms with Crippen molar-refractivity contribution in [1.82, 2.24) is 15.2 Å². The highest BCUT2D eigenvalue weighted by molar-refractivity contribution is 7.99. The number of carbonyl (C=O) groups excluding carboxylic acids is 1. The van der Waals surface area contributed by atoms with Gasteiger partial charge in [0.1, 0.15) is 23.0 Å². The van der Waals surface area contributed by atoms with E-state index in [1.165, 1.54) is 24.3 Å². The van der Waals surface area contributed by atoms with Gasteiger partial charge in [0.25, 0.3) is 0 Å². The van der Waals surface area contributed by atoms with Gasteiger partial charge in [-0.15, -0.1) is 10.2 Å². The number of nitrogens with one attached hydrogen (secondary N) is 1. The zero-order valence-corrected chi connectivity index (χ0v) is 18.9. The first kappa shape index (κ1) is 22.8.